The van der Waals surface area contributed by atoms with E-state index in [9.17, 15) is 0 Å². The summed E-state index contributed by atoms with van der Waals surface area (Å²) in [4.78, 5) is 0. The third kappa shape index (κ3) is 1.55. The van der Waals surface area contributed by atoms with Gasteiger partial charge in [-0.25, -0.2) is 0 Å². The number of fused-ring (bicyclic) bond motifs is 2. The van der Waals surface area contributed by atoms with Gasteiger partial charge in [-0.05, 0) is 24.1 Å². The van der Waals surface area contributed by atoms with E-state index in [4.69, 9.17) is 48.7 Å². The van der Waals surface area contributed by atoms with E-state index in [0.29, 0.717) is 17.9 Å². The van der Waals surface area contributed by atoms with Crippen LogP contribution in [-0.4, -0.2) is 44.8 Å². The van der Waals surface area contributed by atoms with Gasteiger partial charge in [0.15, 0.2) is 32.8 Å². The summed E-state index contributed by atoms with van der Waals surface area (Å²) >= 11 is 0. The molecule has 0 saturated heterocycles. The highest BCUT2D eigenvalue weighted by molar-refractivity contribution is 6.44. The molecule has 2 nitrogen and oxygen atoms in total. The summed E-state index contributed by atoms with van der Waals surface area (Å²) in [5.74, 6) is 0.585. The van der Waals surface area contributed by atoms with Crippen molar-refractivity contribution in [2.24, 2.45) is 0 Å². The van der Waals surface area contributed by atoms with Crippen molar-refractivity contribution in [2.75, 3.05) is 0 Å². The molecule has 7 heteroatoms. The number of hydrogen-bond donors (Lipinski definition) is 0. The summed E-state index contributed by atoms with van der Waals surface area (Å²) in [5.41, 5.74) is 0.0402. The van der Waals surface area contributed by atoms with E-state index in [-0.39, 0.29) is 5.82 Å². The Morgan fingerprint density at radius 1 is 1.06 bits per heavy atom. The average molecular weight is 211 g/mol. The van der Waals surface area contributed by atoms with Gasteiger partial charge in [-0.3, -0.25) is 0 Å². The molecule has 0 aromatic heterocycles. The molecule has 1 aromatic carbocycles. The molecule has 1 atom stereocenters. The van der Waals surface area contributed by atoms with Crippen molar-refractivity contribution >= 4 is 39.2 Å². The Labute approximate surface area is 107 Å². The molecule has 3 rings (SSSR count). The van der Waals surface area contributed by atoms with Gasteiger partial charge < -0.3 is 9.47 Å². The van der Waals surface area contributed by atoms with Crippen LogP contribution in [0.25, 0.3) is 0 Å². The van der Waals surface area contributed by atoms with E-state index in [1.165, 1.54) is 0 Å². The van der Waals surface area contributed by atoms with Crippen LogP contribution in [0.1, 0.15) is 11.1 Å². The van der Waals surface area contributed by atoms with Gasteiger partial charge in [-0.15, -0.1) is 0 Å². The fourth-order valence-corrected chi connectivity index (χ4v) is 2.30. The molecule has 17 heavy (non-hydrogen) atoms. The van der Waals surface area contributed by atoms with E-state index in [1.807, 2.05) is 0 Å². The molecule has 72 valence electrons. The monoisotopic (exact) mass is 212 g/mol. The molecular formula is C10H5B5O2. The van der Waals surface area contributed by atoms with Crippen LogP contribution in [0.3, 0.4) is 0 Å². The van der Waals surface area contributed by atoms with E-state index < -0.39 is 10.8 Å². The normalized spacial score (nSPS) is 26.7. The van der Waals surface area contributed by atoms with Gasteiger partial charge in [0.05, 0.1) is 23.5 Å². The van der Waals surface area contributed by atoms with Gasteiger partial charge in [-0.1, -0.05) is 16.6 Å². The predicted octanol–water partition coefficient (Wildman–Crippen LogP) is -0.591. The van der Waals surface area contributed by atoms with Crippen molar-refractivity contribution in [3.63, 3.8) is 0 Å². The Balaban J connectivity index is 2.11. The van der Waals surface area contributed by atoms with Gasteiger partial charge in [-0.2, -0.15) is 0 Å². The molecule has 1 unspecified atom stereocenters. The van der Waals surface area contributed by atoms with Crippen LogP contribution in [0.5, 0.6) is 11.5 Å². The van der Waals surface area contributed by atoms with Gasteiger partial charge in [0.2, 0.25) is 0 Å². The van der Waals surface area contributed by atoms with Crippen LogP contribution in [0, 0.1) is 0 Å². The maximum atomic E-state index is 5.99. The van der Waals surface area contributed by atoms with E-state index in [0.717, 1.165) is 11.1 Å². The van der Waals surface area contributed by atoms with Crippen LogP contribution >= 0.6 is 0 Å². The maximum Gasteiger partial charge on any atom is 0.175 e. The quantitative estimate of drug-likeness (QED) is 0.534. The Kier molecular flexibility index (Phi) is 2.07. The minimum Gasteiger partial charge on any atom is -0.468 e. The molecule has 0 amide bonds. The highest BCUT2D eigenvalue weighted by Crippen LogP contribution is 2.48. The van der Waals surface area contributed by atoms with Crippen molar-refractivity contribution in [1.82, 2.24) is 0 Å². The zero-order chi connectivity index (χ0) is 12.4. The highest BCUT2D eigenvalue weighted by Gasteiger charge is 2.39. The molecule has 0 fully saturated rings. The van der Waals surface area contributed by atoms with Crippen molar-refractivity contribution in [1.29, 1.82) is 0 Å². The molecule has 2 aliphatic rings. The molecule has 0 N–H and O–H groups in total. The molecule has 10 radical (unpaired) electrons. The van der Waals surface area contributed by atoms with Crippen LogP contribution in [0.4, 0.5) is 0 Å². The lowest BCUT2D eigenvalue weighted by atomic mass is 9.43. The van der Waals surface area contributed by atoms with Crippen molar-refractivity contribution < 1.29 is 9.47 Å². The van der Waals surface area contributed by atoms with Gasteiger partial charge in [0, 0.05) is 0 Å². The van der Waals surface area contributed by atoms with Crippen LogP contribution < -0.4 is 9.47 Å². The first kappa shape index (κ1) is 11.2. The SMILES string of the molecule is [B]C1Cc2cc3c(cc2C1([B])[B])OC([B])([B])O3. The zero-order valence-corrected chi connectivity index (χ0v) is 9.14. The standard InChI is InChI=1S/C10H5B5O2/c11-8-2-4-1-6-7(17-10(14,15)16-6)3-5(4)9(8,12)13/h1,3,8H,2H2. The number of ether oxygens (including phenoxy) is 2. The van der Waals surface area contributed by atoms with Gasteiger partial charge in [0.1, 0.15) is 0 Å². The minimum absolute atomic E-state index is 0.333. The molecule has 1 heterocycles. The molecule has 0 spiro atoms. The topological polar surface area (TPSA) is 18.5 Å². The van der Waals surface area contributed by atoms with Crippen molar-refractivity contribution in [3.05, 3.63) is 23.3 Å². The second kappa shape index (κ2) is 3.12. The molecular weight excluding hydrogens is 206 g/mol. The predicted molar refractivity (Wildman–Crippen MR) is 68.3 cm³/mol. The van der Waals surface area contributed by atoms with E-state index in [1.54, 1.807) is 12.1 Å². The minimum atomic E-state index is -1.63. The summed E-state index contributed by atoms with van der Waals surface area (Å²) in [7, 11) is 28.9. The Bertz CT molecular complexity index is 500. The lowest BCUT2D eigenvalue weighted by molar-refractivity contribution is 0.0833. The first-order chi connectivity index (χ1) is 7.79. The zero-order valence-electron chi connectivity index (χ0n) is 9.14. The second-order valence-electron chi connectivity index (χ2n) is 4.63. The largest absolute Gasteiger partial charge is 0.468 e. The summed E-state index contributed by atoms with van der Waals surface area (Å²) in [6.07, 6.45) is 0.584. The third-order valence-corrected chi connectivity index (χ3v) is 3.23. The van der Waals surface area contributed by atoms with Crippen molar-refractivity contribution in [2.45, 2.75) is 23.0 Å². The fraction of sp³-hybridized carbons (Fsp3) is 0.400. The highest BCUT2D eigenvalue weighted by atomic mass is 16.7. The van der Waals surface area contributed by atoms with Gasteiger partial charge >= 0.3 is 0 Å². The number of benzene rings is 1. The average Bonchev–Trinajstić information content (AvgIpc) is 2.58. The molecule has 1 aliphatic heterocycles. The summed E-state index contributed by atoms with van der Waals surface area (Å²) in [6, 6.07) is 3.46. The Morgan fingerprint density at radius 2 is 1.65 bits per heavy atom. The van der Waals surface area contributed by atoms with E-state index in [2.05, 4.69) is 0 Å². The first-order valence-electron chi connectivity index (χ1n) is 5.26. The Morgan fingerprint density at radius 3 is 2.29 bits per heavy atom. The Hall–Kier alpha value is -0.855. The lowest BCUT2D eigenvalue weighted by Gasteiger charge is -2.26. The maximum absolute atomic E-state index is 5.99. The molecule has 0 bridgehead atoms. The summed E-state index contributed by atoms with van der Waals surface area (Å²) in [6.45, 7) is 0. The van der Waals surface area contributed by atoms with Gasteiger partial charge in [0.25, 0.3) is 0 Å². The number of hydrogen-bond acceptors (Lipinski definition) is 2. The summed E-state index contributed by atoms with van der Waals surface area (Å²) < 4.78 is 10.5. The third-order valence-electron chi connectivity index (χ3n) is 3.23. The summed E-state index contributed by atoms with van der Waals surface area (Å²) in [5, 5.41) is -1.07. The first-order valence-corrected chi connectivity index (χ1v) is 5.26. The second-order valence-corrected chi connectivity index (χ2v) is 4.63. The lowest BCUT2D eigenvalue weighted by Crippen LogP contribution is -2.39. The molecule has 1 aliphatic carbocycles. The van der Waals surface area contributed by atoms with Crippen LogP contribution in [0.2, 0.25) is 5.82 Å². The smallest absolute Gasteiger partial charge is 0.175 e. The fourth-order valence-electron chi connectivity index (χ4n) is 2.30. The van der Waals surface area contributed by atoms with Crippen LogP contribution in [-0.2, 0) is 11.6 Å². The van der Waals surface area contributed by atoms with Crippen LogP contribution in [0.15, 0.2) is 12.1 Å². The van der Waals surface area contributed by atoms with E-state index >= 15 is 0 Å². The molecule has 0 saturated carbocycles. The molecule has 1 aromatic rings. The van der Waals surface area contributed by atoms with Crippen molar-refractivity contribution in [3.8, 4) is 11.5 Å². The number of rotatable bonds is 0.